The van der Waals surface area contributed by atoms with Crippen LogP contribution in [0.2, 0.25) is 0 Å². The molecular weight excluding hydrogens is 282 g/mol. The number of piperidine rings is 1. The first-order valence-electron chi connectivity index (χ1n) is 7.49. The maximum absolute atomic E-state index is 12.5. The molecule has 1 saturated heterocycles. The van der Waals surface area contributed by atoms with Gasteiger partial charge in [0.25, 0.3) is 0 Å². The second-order valence-corrected chi connectivity index (χ2v) is 5.56. The van der Waals surface area contributed by atoms with Crippen LogP contribution in [0.4, 0.5) is 5.69 Å². The molecule has 0 bridgehead atoms. The number of nitrogens with one attached hydrogen (secondary N) is 3. The maximum atomic E-state index is 12.5. The predicted molar refractivity (Wildman–Crippen MR) is 84.5 cm³/mol. The Labute approximate surface area is 130 Å². The van der Waals surface area contributed by atoms with Gasteiger partial charge in [0.05, 0.1) is 18.6 Å². The van der Waals surface area contributed by atoms with Crippen LogP contribution in [0.3, 0.4) is 0 Å². The first kappa shape index (κ1) is 16.5. The third kappa shape index (κ3) is 4.29. The van der Waals surface area contributed by atoms with Gasteiger partial charge in [0.15, 0.2) is 0 Å². The zero-order valence-corrected chi connectivity index (χ0v) is 12.9. The fraction of sp³-hybridized carbons (Fsp3) is 0.500. The average molecular weight is 305 g/mol. The number of methoxy groups -OCH3 is 1. The van der Waals surface area contributed by atoms with Gasteiger partial charge < -0.3 is 20.7 Å². The second kappa shape index (κ2) is 7.91. The molecule has 0 spiro atoms. The molecule has 1 aromatic carbocycles. The van der Waals surface area contributed by atoms with Gasteiger partial charge in [0.1, 0.15) is 0 Å². The lowest BCUT2D eigenvalue weighted by Gasteiger charge is -2.35. The molecule has 0 atom stereocenters. The number of benzene rings is 1. The number of rotatable bonds is 6. The van der Waals surface area contributed by atoms with Crippen LogP contribution in [0.5, 0.6) is 0 Å². The maximum Gasteiger partial charge on any atom is 0.243 e. The summed E-state index contributed by atoms with van der Waals surface area (Å²) in [4.78, 5) is 24.4. The molecule has 0 aromatic heterocycles. The van der Waals surface area contributed by atoms with E-state index in [2.05, 4.69) is 16.0 Å². The lowest BCUT2D eigenvalue weighted by atomic mass is 9.78. The number of hydrogen-bond donors (Lipinski definition) is 3. The van der Waals surface area contributed by atoms with Crippen molar-refractivity contribution < 1.29 is 14.3 Å². The largest absolute Gasteiger partial charge is 0.384 e. The van der Waals surface area contributed by atoms with E-state index in [0.29, 0.717) is 19.4 Å². The SMILES string of the molecule is COCC1(C(=O)NCC(=O)Nc2ccccc2)CCNCC1. The summed E-state index contributed by atoms with van der Waals surface area (Å²) in [6, 6.07) is 9.18. The van der Waals surface area contributed by atoms with E-state index in [9.17, 15) is 9.59 Å². The molecule has 1 heterocycles. The lowest BCUT2D eigenvalue weighted by molar-refractivity contribution is -0.137. The first-order valence-corrected chi connectivity index (χ1v) is 7.49. The number of carbonyl (C=O) groups excluding carboxylic acids is 2. The van der Waals surface area contributed by atoms with Crippen molar-refractivity contribution in [3.63, 3.8) is 0 Å². The zero-order valence-electron chi connectivity index (χ0n) is 12.9. The van der Waals surface area contributed by atoms with E-state index >= 15 is 0 Å². The van der Waals surface area contributed by atoms with Crippen molar-refractivity contribution in [2.24, 2.45) is 5.41 Å². The molecule has 1 aromatic rings. The molecule has 22 heavy (non-hydrogen) atoms. The van der Waals surface area contributed by atoms with Gasteiger partial charge in [-0.15, -0.1) is 0 Å². The van der Waals surface area contributed by atoms with Crippen molar-refractivity contribution in [1.82, 2.24) is 10.6 Å². The number of amides is 2. The lowest BCUT2D eigenvalue weighted by Crippen LogP contribution is -2.51. The number of carbonyl (C=O) groups is 2. The smallest absolute Gasteiger partial charge is 0.243 e. The highest BCUT2D eigenvalue weighted by molar-refractivity contribution is 5.95. The van der Waals surface area contributed by atoms with E-state index in [0.717, 1.165) is 18.8 Å². The normalized spacial score (nSPS) is 16.8. The Hall–Kier alpha value is -1.92. The summed E-state index contributed by atoms with van der Waals surface area (Å²) in [6.07, 6.45) is 1.43. The van der Waals surface area contributed by atoms with Crippen LogP contribution in [0.1, 0.15) is 12.8 Å². The summed E-state index contributed by atoms with van der Waals surface area (Å²) in [7, 11) is 1.60. The van der Waals surface area contributed by atoms with Crippen LogP contribution < -0.4 is 16.0 Å². The molecular formula is C16H23N3O3. The summed E-state index contributed by atoms with van der Waals surface area (Å²) in [5, 5.41) is 8.72. The fourth-order valence-corrected chi connectivity index (χ4v) is 2.69. The minimum absolute atomic E-state index is 0.0351. The summed E-state index contributed by atoms with van der Waals surface area (Å²) in [5.41, 5.74) is 0.183. The van der Waals surface area contributed by atoms with Crippen LogP contribution in [0.25, 0.3) is 0 Å². The van der Waals surface area contributed by atoms with Crippen molar-refractivity contribution in [2.45, 2.75) is 12.8 Å². The Morgan fingerprint density at radius 1 is 1.23 bits per heavy atom. The van der Waals surface area contributed by atoms with Gasteiger partial charge in [-0.3, -0.25) is 9.59 Å². The van der Waals surface area contributed by atoms with Crippen molar-refractivity contribution in [2.75, 3.05) is 38.7 Å². The Balaban J connectivity index is 1.86. The minimum atomic E-state index is -0.535. The third-order valence-electron chi connectivity index (χ3n) is 3.93. The monoisotopic (exact) mass is 305 g/mol. The second-order valence-electron chi connectivity index (χ2n) is 5.56. The first-order chi connectivity index (χ1) is 10.7. The van der Waals surface area contributed by atoms with Crippen molar-refractivity contribution >= 4 is 17.5 Å². The summed E-state index contributed by atoms with van der Waals surface area (Å²) in [5.74, 6) is -0.347. The quantitative estimate of drug-likeness (QED) is 0.725. The Bertz CT molecular complexity index is 493. The van der Waals surface area contributed by atoms with Gasteiger partial charge in [-0.2, -0.15) is 0 Å². The van der Waals surface area contributed by atoms with Gasteiger partial charge in [0, 0.05) is 12.8 Å². The Morgan fingerprint density at radius 3 is 2.55 bits per heavy atom. The molecule has 1 fully saturated rings. The highest BCUT2D eigenvalue weighted by Gasteiger charge is 2.39. The summed E-state index contributed by atoms with van der Waals surface area (Å²) < 4.78 is 5.22. The molecule has 0 aliphatic carbocycles. The minimum Gasteiger partial charge on any atom is -0.384 e. The molecule has 1 aliphatic heterocycles. The molecule has 3 N–H and O–H groups in total. The molecule has 0 saturated carbocycles. The van der Waals surface area contributed by atoms with Crippen LogP contribution in [0, 0.1) is 5.41 Å². The van der Waals surface area contributed by atoms with E-state index in [4.69, 9.17) is 4.74 Å². The van der Waals surface area contributed by atoms with Crippen LogP contribution in [0.15, 0.2) is 30.3 Å². The molecule has 2 rings (SSSR count). The highest BCUT2D eigenvalue weighted by atomic mass is 16.5. The van der Waals surface area contributed by atoms with Crippen molar-refractivity contribution in [1.29, 1.82) is 0 Å². The molecule has 0 radical (unpaired) electrons. The van der Waals surface area contributed by atoms with Crippen LogP contribution in [-0.4, -0.2) is 45.2 Å². The van der Waals surface area contributed by atoms with Crippen molar-refractivity contribution in [3.8, 4) is 0 Å². The fourth-order valence-electron chi connectivity index (χ4n) is 2.69. The van der Waals surface area contributed by atoms with E-state index in [1.165, 1.54) is 0 Å². The molecule has 120 valence electrons. The standard InChI is InChI=1S/C16H23N3O3/c1-22-12-16(7-9-17-10-8-16)15(21)18-11-14(20)19-13-5-3-2-4-6-13/h2-6,17H,7-12H2,1H3,(H,18,21)(H,19,20). The van der Waals surface area contributed by atoms with Crippen LogP contribution >= 0.6 is 0 Å². The third-order valence-corrected chi connectivity index (χ3v) is 3.93. The van der Waals surface area contributed by atoms with Gasteiger partial charge >= 0.3 is 0 Å². The number of para-hydroxylation sites is 1. The Kier molecular flexibility index (Phi) is 5.91. The molecule has 6 nitrogen and oxygen atoms in total. The molecule has 1 aliphatic rings. The van der Waals surface area contributed by atoms with Gasteiger partial charge in [0.2, 0.25) is 11.8 Å². The van der Waals surface area contributed by atoms with Gasteiger partial charge in [-0.25, -0.2) is 0 Å². The number of ether oxygens (including phenoxy) is 1. The van der Waals surface area contributed by atoms with E-state index in [-0.39, 0.29) is 18.4 Å². The topological polar surface area (TPSA) is 79.5 Å². The summed E-state index contributed by atoms with van der Waals surface area (Å²) in [6.45, 7) is 1.91. The Morgan fingerprint density at radius 2 is 1.91 bits per heavy atom. The predicted octanol–water partition coefficient (Wildman–Crippen LogP) is 0.757. The average Bonchev–Trinajstić information content (AvgIpc) is 2.54. The summed E-state index contributed by atoms with van der Waals surface area (Å²) >= 11 is 0. The zero-order chi connectivity index (χ0) is 15.8. The van der Waals surface area contributed by atoms with Crippen LogP contribution in [-0.2, 0) is 14.3 Å². The molecule has 0 unspecified atom stereocenters. The van der Waals surface area contributed by atoms with E-state index < -0.39 is 5.41 Å². The van der Waals surface area contributed by atoms with Gasteiger partial charge in [-0.05, 0) is 38.1 Å². The highest BCUT2D eigenvalue weighted by Crippen LogP contribution is 2.29. The van der Waals surface area contributed by atoms with E-state index in [1.54, 1.807) is 19.2 Å². The molecule has 6 heteroatoms. The molecule has 2 amide bonds. The van der Waals surface area contributed by atoms with E-state index in [1.807, 2.05) is 18.2 Å². The van der Waals surface area contributed by atoms with Crippen molar-refractivity contribution in [3.05, 3.63) is 30.3 Å². The number of anilines is 1. The van der Waals surface area contributed by atoms with Gasteiger partial charge in [-0.1, -0.05) is 18.2 Å². The number of hydrogen-bond acceptors (Lipinski definition) is 4.